The Balaban J connectivity index is 1.81. The molecule has 2 aromatic rings. The first kappa shape index (κ1) is 14.2. The van der Waals surface area contributed by atoms with Gasteiger partial charge in [-0.2, -0.15) is 0 Å². The van der Waals surface area contributed by atoms with Gasteiger partial charge in [-0.05, 0) is 30.0 Å². The van der Waals surface area contributed by atoms with Crippen LogP contribution in [0.5, 0.6) is 0 Å². The van der Waals surface area contributed by atoms with Gasteiger partial charge < -0.3 is 10.6 Å². The third-order valence-electron chi connectivity index (χ3n) is 4.58. The summed E-state index contributed by atoms with van der Waals surface area (Å²) < 4.78 is 0. The highest BCUT2D eigenvalue weighted by molar-refractivity contribution is 5.56. The second-order valence-electron chi connectivity index (χ2n) is 5.92. The van der Waals surface area contributed by atoms with Gasteiger partial charge in [0.15, 0.2) is 0 Å². The zero-order chi connectivity index (χ0) is 14.7. The average molecular weight is 280 g/mol. The predicted octanol–water partition coefficient (Wildman–Crippen LogP) is 4.09. The molecule has 110 valence electrons. The molecule has 1 aliphatic rings. The van der Waals surface area contributed by atoms with Gasteiger partial charge in [0.25, 0.3) is 0 Å². The van der Waals surface area contributed by atoms with Crippen LogP contribution in [0.3, 0.4) is 0 Å². The fourth-order valence-corrected chi connectivity index (χ4v) is 3.29. The van der Waals surface area contributed by atoms with E-state index in [1.807, 2.05) is 0 Å². The normalized spacial score (nSPS) is 19.7. The average Bonchev–Trinajstić information content (AvgIpc) is 3.05. The number of benzene rings is 2. The highest BCUT2D eigenvalue weighted by Gasteiger charge is 2.25. The summed E-state index contributed by atoms with van der Waals surface area (Å²) in [7, 11) is 0. The van der Waals surface area contributed by atoms with Crippen molar-refractivity contribution in [1.29, 1.82) is 0 Å². The van der Waals surface area contributed by atoms with Gasteiger partial charge in [-0.3, -0.25) is 0 Å². The van der Waals surface area contributed by atoms with Crippen LogP contribution in [0.4, 0.5) is 5.69 Å². The molecule has 1 aliphatic heterocycles. The zero-order valence-electron chi connectivity index (χ0n) is 12.7. The van der Waals surface area contributed by atoms with Crippen molar-refractivity contribution in [2.75, 3.05) is 18.0 Å². The van der Waals surface area contributed by atoms with E-state index in [1.165, 1.54) is 23.2 Å². The second-order valence-corrected chi connectivity index (χ2v) is 5.92. The molecule has 1 saturated heterocycles. The lowest BCUT2D eigenvalue weighted by atomic mass is 9.98. The molecular formula is C19H24N2. The van der Waals surface area contributed by atoms with E-state index in [2.05, 4.69) is 66.4 Å². The lowest BCUT2D eigenvalue weighted by molar-refractivity contribution is 0.694. The first-order chi connectivity index (χ1) is 10.3. The Morgan fingerprint density at radius 2 is 1.81 bits per heavy atom. The van der Waals surface area contributed by atoms with Crippen LogP contribution in [-0.2, 0) is 0 Å². The molecule has 0 spiro atoms. The van der Waals surface area contributed by atoms with E-state index in [-0.39, 0.29) is 6.04 Å². The van der Waals surface area contributed by atoms with Crippen LogP contribution in [0, 0.1) is 0 Å². The SMILES string of the molecule is CC[C@@H](N)c1ccccc1N1CCC(c2ccccc2)C1. The van der Waals surface area contributed by atoms with E-state index < -0.39 is 0 Å². The Hall–Kier alpha value is -1.80. The van der Waals surface area contributed by atoms with Crippen molar-refractivity contribution in [2.24, 2.45) is 5.73 Å². The Morgan fingerprint density at radius 3 is 2.57 bits per heavy atom. The van der Waals surface area contributed by atoms with Gasteiger partial charge in [0.2, 0.25) is 0 Å². The molecule has 0 aliphatic carbocycles. The van der Waals surface area contributed by atoms with Crippen LogP contribution >= 0.6 is 0 Å². The van der Waals surface area contributed by atoms with Crippen molar-refractivity contribution in [1.82, 2.24) is 0 Å². The fourth-order valence-electron chi connectivity index (χ4n) is 3.29. The summed E-state index contributed by atoms with van der Waals surface area (Å²) in [5.41, 5.74) is 10.3. The van der Waals surface area contributed by atoms with Gasteiger partial charge in [0, 0.05) is 30.7 Å². The first-order valence-electron chi connectivity index (χ1n) is 7.94. The third-order valence-corrected chi connectivity index (χ3v) is 4.58. The van der Waals surface area contributed by atoms with Gasteiger partial charge in [0.1, 0.15) is 0 Å². The number of nitrogens with zero attached hydrogens (tertiary/aromatic N) is 1. The summed E-state index contributed by atoms with van der Waals surface area (Å²) >= 11 is 0. The van der Waals surface area contributed by atoms with Crippen molar-refractivity contribution in [2.45, 2.75) is 31.7 Å². The Labute approximate surface area is 127 Å². The summed E-state index contributed by atoms with van der Waals surface area (Å²) in [6.45, 7) is 4.36. The number of anilines is 1. The monoisotopic (exact) mass is 280 g/mol. The summed E-state index contributed by atoms with van der Waals surface area (Å²) in [6, 6.07) is 19.6. The minimum Gasteiger partial charge on any atom is -0.371 e. The Kier molecular flexibility index (Phi) is 4.26. The van der Waals surface area contributed by atoms with Crippen molar-refractivity contribution in [3.63, 3.8) is 0 Å². The molecule has 0 amide bonds. The third kappa shape index (κ3) is 2.96. The summed E-state index contributed by atoms with van der Waals surface area (Å²) in [4.78, 5) is 2.50. The molecule has 0 bridgehead atoms. The minimum atomic E-state index is 0.136. The second kappa shape index (κ2) is 6.31. The largest absolute Gasteiger partial charge is 0.371 e. The van der Waals surface area contributed by atoms with Crippen molar-refractivity contribution in [3.8, 4) is 0 Å². The molecular weight excluding hydrogens is 256 g/mol. The van der Waals surface area contributed by atoms with Gasteiger partial charge >= 0.3 is 0 Å². The van der Waals surface area contributed by atoms with Gasteiger partial charge in [-0.15, -0.1) is 0 Å². The maximum atomic E-state index is 6.28. The molecule has 1 fully saturated rings. The molecule has 1 unspecified atom stereocenters. The van der Waals surface area contributed by atoms with Crippen molar-refractivity contribution in [3.05, 3.63) is 65.7 Å². The van der Waals surface area contributed by atoms with Gasteiger partial charge in [-0.1, -0.05) is 55.5 Å². The number of rotatable bonds is 4. The van der Waals surface area contributed by atoms with Crippen LogP contribution in [0.15, 0.2) is 54.6 Å². The van der Waals surface area contributed by atoms with E-state index in [0.29, 0.717) is 5.92 Å². The molecule has 2 nitrogen and oxygen atoms in total. The summed E-state index contributed by atoms with van der Waals surface area (Å²) in [5, 5.41) is 0. The van der Waals surface area contributed by atoms with Crippen LogP contribution in [0.1, 0.15) is 42.9 Å². The molecule has 0 saturated carbocycles. The molecule has 2 heteroatoms. The molecule has 2 N–H and O–H groups in total. The zero-order valence-corrected chi connectivity index (χ0v) is 12.7. The minimum absolute atomic E-state index is 0.136. The summed E-state index contributed by atoms with van der Waals surface area (Å²) in [5.74, 6) is 0.636. The highest BCUT2D eigenvalue weighted by atomic mass is 15.2. The van der Waals surface area contributed by atoms with Crippen LogP contribution in [0.25, 0.3) is 0 Å². The number of para-hydroxylation sites is 1. The lowest BCUT2D eigenvalue weighted by Crippen LogP contribution is -2.23. The predicted molar refractivity (Wildman–Crippen MR) is 89.7 cm³/mol. The lowest BCUT2D eigenvalue weighted by Gasteiger charge is -2.24. The number of hydrogen-bond acceptors (Lipinski definition) is 2. The standard InChI is InChI=1S/C19H24N2/c1-2-18(20)17-10-6-7-11-19(17)21-13-12-16(14-21)15-8-4-3-5-9-15/h3-11,16,18H,2,12-14,20H2,1H3/t16?,18-/m1/s1. The fraction of sp³-hybridized carbons (Fsp3) is 0.368. The molecule has 3 rings (SSSR count). The van der Waals surface area contributed by atoms with E-state index in [1.54, 1.807) is 0 Å². The molecule has 0 aromatic heterocycles. The number of nitrogens with two attached hydrogens (primary N) is 1. The molecule has 2 aromatic carbocycles. The van der Waals surface area contributed by atoms with E-state index in [0.717, 1.165) is 19.5 Å². The highest BCUT2D eigenvalue weighted by Crippen LogP contribution is 2.34. The molecule has 0 radical (unpaired) electrons. The van der Waals surface area contributed by atoms with E-state index in [9.17, 15) is 0 Å². The molecule has 21 heavy (non-hydrogen) atoms. The van der Waals surface area contributed by atoms with Gasteiger partial charge in [0.05, 0.1) is 0 Å². The van der Waals surface area contributed by atoms with Crippen LogP contribution in [0.2, 0.25) is 0 Å². The Bertz CT molecular complexity index is 579. The molecule has 1 heterocycles. The quantitative estimate of drug-likeness (QED) is 0.914. The summed E-state index contributed by atoms with van der Waals surface area (Å²) in [6.07, 6.45) is 2.20. The Morgan fingerprint density at radius 1 is 1.10 bits per heavy atom. The van der Waals surface area contributed by atoms with E-state index in [4.69, 9.17) is 5.73 Å². The van der Waals surface area contributed by atoms with E-state index >= 15 is 0 Å². The number of hydrogen-bond donors (Lipinski definition) is 1. The topological polar surface area (TPSA) is 29.3 Å². The maximum absolute atomic E-state index is 6.28. The van der Waals surface area contributed by atoms with Crippen molar-refractivity contribution < 1.29 is 0 Å². The maximum Gasteiger partial charge on any atom is 0.0414 e. The first-order valence-corrected chi connectivity index (χ1v) is 7.94. The smallest absolute Gasteiger partial charge is 0.0414 e. The van der Waals surface area contributed by atoms with Crippen molar-refractivity contribution >= 4 is 5.69 Å². The molecule has 2 atom stereocenters. The van der Waals surface area contributed by atoms with Crippen LogP contribution in [-0.4, -0.2) is 13.1 Å². The van der Waals surface area contributed by atoms with Crippen LogP contribution < -0.4 is 10.6 Å². The van der Waals surface area contributed by atoms with Gasteiger partial charge in [-0.25, -0.2) is 0 Å².